The summed E-state index contributed by atoms with van der Waals surface area (Å²) in [5, 5.41) is 0. The third-order valence-electron chi connectivity index (χ3n) is 2.83. The van der Waals surface area contributed by atoms with Crippen LogP contribution < -0.4 is 0 Å². The summed E-state index contributed by atoms with van der Waals surface area (Å²) < 4.78 is 29.8. The lowest BCUT2D eigenvalue weighted by atomic mass is 10.0. The fraction of sp³-hybridized carbons (Fsp3) is 0.700. The number of fused-ring (bicyclic) bond motifs is 2. The highest BCUT2D eigenvalue weighted by atomic mass is 19.3. The molecule has 2 rings (SSSR count). The van der Waals surface area contributed by atoms with Gasteiger partial charge in [-0.1, -0.05) is 12.2 Å². The molecule has 2 aliphatic carbocycles. The van der Waals surface area contributed by atoms with Crippen LogP contribution in [0.4, 0.5) is 8.78 Å². The van der Waals surface area contributed by atoms with Crippen molar-refractivity contribution in [1.29, 1.82) is 0 Å². The number of allylic oxidation sites excluding steroid dienone is 1. The summed E-state index contributed by atoms with van der Waals surface area (Å²) in [7, 11) is 0. The molecule has 2 bridgehead atoms. The van der Waals surface area contributed by atoms with Crippen molar-refractivity contribution < 1.29 is 18.3 Å². The Kier molecular flexibility index (Phi) is 2.09. The first kappa shape index (κ1) is 9.62. The van der Waals surface area contributed by atoms with Gasteiger partial charge in [-0.05, 0) is 18.8 Å². The van der Waals surface area contributed by atoms with Crippen LogP contribution in [0.5, 0.6) is 0 Å². The van der Waals surface area contributed by atoms with Gasteiger partial charge in [-0.2, -0.15) is 8.78 Å². The summed E-state index contributed by atoms with van der Waals surface area (Å²) >= 11 is 0. The number of ether oxygens (including phenoxy) is 1. The van der Waals surface area contributed by atoms with E-state index in [-0.39, 0.29) is 12.0 Å². The van der Waals surface area contributed by atoms with Gasteiger partial charge in [0.25, 0.3) is 0 Å². The molecule has 1 saturated carbocycles. The van der Waals surface area contributed by atoms with Crippen LogP contribution in [0, 0.1) is 11.8 Å². The molecule has 3 unspecified atom stereocenters. The van der Waals surface area contributed by atoms with Crippen molar-refractivity contribution >= 4 is 5.97 Å². The van der Waals surface area contributed by atoms with Gasteiger partial charge in [0.05, 0.1) is 0 Å². The Balaban J connectivity index is 1.94. The second kappa shape index (κ2) is 3.04. The Morgan fingerprint density at radius 2 is 2.14 bits per heavy atom. The first-order valence-electron chi connectivity index (χ1n) is 4.74. The summed E-state index contributed by atoms with van der Waals surface area (Å²) in [6.45, 7) is 0.568. The van der Waals surface area contributed by atoms with Gasteiger partial charge in [-0.25, -0.2) is 4.79 Å². The predicted molar refractivity (Wildman–Crippen MR) is 45.9 cm³/mol. The molecule has 0 amide bonds. The topological polar surface area (TPSA) is 26.3 Å². The van der Waals surface area contributed by atoms with Crippen LogP contribution in [0.25, 0.3) is 0 Å². The summed E-state index contributed by atoms with van der Waals surface area (Å²) in [5.74, 6) is -4.19. The molecule has 14 heavy (non-hydrogen) atoms. The van der Waals surface area contributed by atoms with Gasteiger partial charge in [0.15, 0.2) is 0 Å². The van der Waals surface area contributed by atoms with Gasteiger partial charge in [0, 0.05) is 12.8 Å². The van der Waals surface area contributed by atoms with E-state index in [1.54, 1.807) is 0 Å². The quantitative estimate of drug-likeness (QED) is 0.506. The number of halogens is 2. The monoisotopic (exact) mass is 202 g/mol. The maximum Gasteiger partial charge on any atom is 0.376 e. The van der Waals surface area contributed by atoms with Crippen molar-refractivity contribution in [1.82, 2.24) is 0 Å². The average molecular weight is 202 g/mol. The highest BCUT2D eigenvalue weighted by Gasteiger charge is 2.42. The molecule has 3 atom stereocenters. The van der Waals surface area contributed by atoms with E-state index in [1.807, 2.05) is 6.08 Å². The van der Waals surface area contributed by atoms with Crippen LogP contribution in [0.3, 0.4) is 0 Å². The van der Waals surface area contributed by atoms with Gasteiger partial charge in [-0.3, -0.25) is 0 Å². The second-order valence-electron chi connectivity index (χ2n) is 4.11. The Morgan fingerprint density at radius 1 is 1.43 bits per heavy atom. The lowest BCUT2D eigenvalue weighted by molar-refractivity contribution is -0.176. The molecule has 0 aromatic rings. The Bertz CT molecular complexity index is 280. The molecule has 78 valence electrons. The van der Waals surface area contributed by atoms with Gasteiger partial charge in [0.2, 0.25) is 0 Å². The van der Waals surface area contributed by atoms with E-state index in [2.05, 4.69) is 6.08 Å². The lowest BCUT2D eigenvalue weighted by Crippen LogP contribution is -2.32. The fourth-order valence-corrected chi connectivity index (χ4v) is 2.11. The largest absolute Gasteiger partial charge is 0.457 e. The number of carbonyl (C=O) groups excluding carboxylic acids is 1. The summed E-state index contributed by atoms with van der Waals surface area (Å²) in [6.07, 6.45) is 5.33. The smallest absolute Gasteiger partial charge is 0.376 e. The standard InChI is InChI=1S/C10H12F2O2/c1-10(11,12)9(13)14-8-5-6-2-3-7(8)4-6/h2-3,6-8H,4-5H2,1H3. The predicted octanol–water partition coefficient (Wildman–Crippen LogP) is 2.15. The van der Waals surface area contributed by atoms with Crippen LogP contribution in [0.15, 0.2) is 12.2 Å². The molecule has 2 aliphatic rings. The van der Waals surface area contributed by atoms with Gasteiger partial charge in [-0.15, -0.1) is 0 Å². The third kappa shape index (κ3) is 1.65. The maximum atomic E-state index is 12.5. The Hall–Kier alpha value is -0.930. The van der Waals surface area contributed by atoms with Gasteiger partial charge in [0.1, 0.15) is 6.10 Å². The minimum Gasteiger partial charge on any atom is -0.457 e. The van der Waals surface area contributed by atoms with E-state index in [9.17, 15) is 13.6 Å². The van der Waals surface area contributed by atoms with E-state index in [1.165, 1.54) is 0 Å². The van der Waals surface area contributed by atoms with E-state index in [0.717, 1.165) is 6.42 Å². The van der Waals surface area contributed by atoms with E-state index in [4.69, 9.17) is 4.74 Å². The van der Waals surface area contributed by atoms with Crippen molar-refractivity contribution in [3.63, 3.8) is 0 Å². The van der Waals surface area contributed by atoms with Crippen LogP contribution in [0.1, 0.15) is 19.8 Å². The molecule has 0 aromatic heterocycles. The minimum atomic E-state index is -3.37. The van der Waals surface area contributed by atoms with Crippen molar-refractivity contribution in [2.45, 2.75) is 31.8 Å². The summed E-state index contributed by atoms with van der Waals surface area (Å²) in [4.78, 5) is 10.9. The number of esters is 1. The lowest BCUT2D eigenvalue weighted by Gasteiger charge is -2.20. The molecular formula is C10H12F2O2. The first-order valence-corrected chi connectivity index (χ1v) is 4.74. The number of carbonyl (C=O) groups is 1. The van der Waals surface area contributed by atoms with Crippen LogP contribution in [-0.2, 0) is 9.53 Å². The maximum absolute atomic E-state index is 12.5. The van der Waals surface area contributed by atoms with Crippen molar-refractivity contribution in [3.05, 3.63) is 12.2 Å². The summed E-state index contributed by atoms with van der Waals surface area (Å²) in [6, 6.07) is 0. The molecule has 4 heteroatoms. The molecule has 0 spiro atoms. The van der Waals surface area contributed by atoms with Crippen molar-refractivity contribution in [2.75, 3.05) is 0 Å². The van der Waals surface area contributed by atoms with Gasteiger partial charge >= 0.3 is 11.9 Å². The Labute approximate surface area is 80.9 Å². The number of rotatable bonds is 2. The fourth-order valence-electron chi connectivity index (χ4n) is 2.11. The summed E-state index contributed by atoms with van der Waals surface area (Å²) in [5.41, 5.74) is 0. The zero-order chi connectivity index (χ0) is 10.3. The highest BCUT2D eigenvalue weighted by molar-refractivity contribution is 5.77. The van der Waals surface area contributed by atoms with E-state index in [0.29, 0.717) is 19.3 Å². The molecule has 2 nitrogen and oxygen atoms in total. The normalized spacial score (nSPS) is 34.9. The molecule has 0 aliphatic heterocycles. The SMILES string of the molecule is CC(F)(F)C(=O)OC1CC2C=CC1C2. The number of hydrogen-bond donors (Lipinski definition) is 0. The third-order valence-corrected chi connectivity index (χ3v) is 2.83. The number of alkyl halides is 2. The van der Waals surface area contributed by atoms with Crippen LogP contribution >= 0.6 is 0 Å². The molecule has 0 saturated heterocycles. The molecule has 0 radical (unpaired) electrons. The zero-order valence-corrected chi connectivity index (χ0v) is 7.87. The highest BCUT2D eigenvalue weighted by Crippen LogP contribution is 2.41. The first-order chi connectivity index (χ1) is 6.47. The molecule has 0 N–H and O–H groups in total. The molecule has 0 heterocycles. The molecular weight excluding hydrogens is 190 g/mol. The van der Waals surface area contributed by atoms with Gasteiger partial charge < -0.3 is 4.74 Å². The molecule has 0 aromatic carbocycles. The Morgan fingerprint density at radius 3 is 2.57 bits per heavy atom. The van der Waals surface area contributed by atoms with Crippen LogP contribution in [-0.4, -0.2) is 18.0 Å². The van der Waals surface area contributed by atoms with Crippen LogP contribution in [0.2, 0.25) is 0 Å². The van der Waals surface area contributed by atoms with E-state index < -0.39 is 11.9 Å². The minimum absolute atomic E-state index is 0.159. The second-order valence-corrected chi connectivity index (χ2v) is 4.11. The zero-order valence-electron chi connectivity index (χ0n) is 7.87. The molecule has 1 fully saturated rings. The number of hydrogen-bond acceptors (Lipinski definition) is 2. The average Bonchev–Trinajstić information content (AvgIpc) is 2.62. The van der Waals surface area contributed by atoms with E-state index >= 15 is 0 Å². The van der Waals surface area contributed by atoms with Crippen molar-refractivity contribution in [3.8, 4) is 0 Å². The van der Waals surface area contributed by atoms with Crippen molar-refractivity contribution in [2.24, 2.45) is 11.8 Å².